The van der Waals surface area contributed by atoms with Crippen LogP contribution < -0.4 is 0 Å². The summed E-state index contributed by atoms with van der Waals surface area (Å²) in [4.78, 5) is 13.7. The predicted molar refractivity (Wildman–Crippen MR) is 68.5 cm³/mol. The molecule has 0 spiro atoms. The highest BCUT2D eigenvalue weighted by atomic mass is 16.3. The molecule has 0 aliphatic rings. The van der Waals surface area contributed by atoms with Crippen LogP contribution >= 0.6 is 0 Å². The van der Waals surface area contributed by atoms with Gasteiger partial charge in [0.15, 0.2) is 0 Å². The Labute approximate surface area is 103 Å². The summed E-state index contributed by atoms with van der Waals surface area (Å²) >= 11 is 0. The van der Waals surface area contributed by atoms with Gasteiger partial charge in [-0.3, -0.25) is 4.79 Å². The number of hydrogen-bond donors (Lipinski definition) is 1. The second-order valence-corrected chi connectivity index (χ2v) is 4.37. The number of aliphatic hydroxyl groups excluding tert-OH is 1. The zero-order chi connectivity index (χ0) is 12.8. The third kappa shape index (κ3) is 3.30. The Morgan fingerprint density at radius 2 is 1.94 bits per heavy atom. The number of amides is 1. The van der Waals surface area contributed by atoms with Crippen molar-refractivity contribution in [2.24, 2.45) is 5.92 Å². The van der Waals surface area contributed by atoms with Crippen LogP contribution in [0.15, 0.2) is 30.3 Å². The van der Waals surface area contributed by atoms with Crippen molar-refractivity contribution in [3.8, 4) is 0 Å². The number of hydrogen-bond acceptors (Lipinski definition) is 2. The lowest BCUT2D eigenvalue weighted by molar-refractivity contribution is -0.136. The molecule has 0 bridgehead atoms. The van der Waals surface area contributed by atoms with Crippen LogP contribution in [-0.2, 0) is 4.79 Å². The second kappa shape index (κ2) is 6.40. The van der Waals surface area contributed by atoms with Gasteiger partial charge in [0.1, 0.15) is 0 Å². The molecule has 0 unspecified atom stereocenters. The van der Waals surface area contributed by atoms with Gasteiger partial charge >= 0.3 is 0 Å². The van der Waals surface area contributed by atoms with E-state index in [-0.39, 0.29) is 24.5 Å². The Hall–Kier alpha value is -1.35. The minimum absolute atomic E-state index is 0.00207. The molecule has 0 radical (unpaired) electrons. The van der Waals surface area contributed by atoms with E-state index in [4.69, 9.17) is 0 Å². The predicted octanol–water partition coefficient (Wildman–Crippen LogP) is 2.22. The van der Waals surface area contributed by atoms with Crippen LogP contribution in [0, 0.1) is 5.92 Å². The number of nitrogens with zero attached hydrogens (tertiary/aromatic N) is 1. The van der Waals surface area contributed by atoms with Crippen LogP contribution in [0.2, 0.25) is 0 Å². The van der Waals surface area contributed by atoms with Gasteiger partial charge in [-0.2, -0.15) is 0 Å². The molecule has 0 aliphatic carbocycles. The van der Waals surface area contributed by atoms with Gasteiger partial charge in [-0.05, 0) is 12.0 Å². The number of aliphatic hydroxyl groups is 1. The summed E-state index contributed by atoms with van der Waals surface area (Å²) in [5, 5.41) is 9.46. The van der Waals surface area contributed by atoms with Gasteiger partial charge in [0.25, 0.3) is 0 Å². The molecule has 1 N–H and O–H groups in total. The van der Waals surface area contributed by atoms with Crippen LogP contribution in [0.3, 0.4) is 0 Å². The molecule has 0 fully saturated rings. The first kappa shape index (κ1) is 13.7. The summed E-state index contributed by atoms with van der Waals surface area (Å²) in [6, 6.07) is 9.37. The van der Waals surface area contributed by atoms with E-state index in [0.717, 1.165) is 12.0 Å². The fourth-order valence-electron chi connectivity index (χ4n) is 1.80. The molecule has 3 nitrogen and oxygen atoms in total. The van der Waals surface area contributed by atoms with E-state index in [1.165, 1.54) is 0 Å². The van der Waals surface area contributed by atoms with E-state index < -0.39 is 0 Å². The van der Waals surface area contributed by atoms with E-state index >= 15 is 0 Å². The number of rotatable bonds is 5. The average molecular weight is 235 g/mol. The van der Waals surface area contributed by atoms with Gasteiger partial charge in [-0.15, -0.1) is 0 Å². The first-order valence-electron chi connectivity index (χ1n) is 6.04. The van der Waals surface area contributed by atoms with Gasteiger partial charge in [0.05, 0.1) is 12.6 Å². The fraction of sp³-hybridized carbons (Fsp3) is 0.500. The van der Waals surface area contributed by atoms with Crippen molar-refractivity contribution in [3.63, 3.8) is 0 Å². The largest absolute Gasteiger partial charge is 0.394 e. The lowest BCUT2D eigenvalue weighted by Crippen LogP contribution is -2.36. The molecular weight excluding hydrogens is 214 g/mol. The highest BCUT2D eigenvalue weighted by Crippen LogP contribution is 2.21. The Bertz CT molecular complexity index is 350. The van der Waals surface area contributed by atoms with Crippen molar-refractivity contribution in [2.75, 3.05) is 13.7 Å². The molecule has 3 heteroatoms. The van der Waals surface area contributed by atoms with E-state index in [9.17, 15) is 9.90 Å². The summed E-state index contributed by atoms with van der Waals surface area (Å²) in [5.74, 6) is 0.0770. The Balaban J connectivity index is 2.85. The molecule has 1 rings (SSSR count). The smallest absolute Gasteiger partial charge is 0.225 e. The molecule has 17 heavy (non-hydrogen) atoms. The van der Waals surface area contributed by atoms with E-state index in [2.05, 4.69) is 0 Å². The Kier molecular flexibility index (Phi) is 5.16. The third-order valence-electron chi connectivity index (χ3n) is 3.21. The van der Waals surface area contributed by atoms with Gasteiger partial charge in [-0.25, -0.2) is 0 Å². The monoisotopic (exact) mass is 235 g/mol. The molecular formula is C14H21NO2. The van der Waals surface area contributed by atoms with Crippen LogP contribution in [0.5, 0.6) is 0 Å². The molecule has 1 aromatic rings. The summed E-state index contributed by atoms with van der Waals surface area (Å²) in [6.45, 7) is 3.85. The van der Waals surface area contributed by atoms with Crippen LogP contribution in [0.1, 0.15) is 31.9 Å². The molecule has 0 saturated heterocycles. The topological polar surface area (TPSA) is 40.5 Å². The maximum atomic E-state index is 12.1. The van der Waals surface area contributed by atoms with Crippen molar-refractivity contribution < 1.29 is 9.90 Å². The molecule has 0 saturated carbocycles. The minimum atomic E-state index is -0.252. The standard InChI is InChI=1S/C14H21NO2/c1-4-11(2)14(17)15(3)13(10-16)12-8-6-5-7-9-12/h5-9,11,13,16H,4,10H2,1-3H3/t11-,13+/m1/s1. The number of carbonyl (C=O) groups excluding carboxylic acids is 1. The van der Waals surface area contributed by atoms with Gasteiger partial charge in [-0.1, -0.05) is 44.2 Å². The molecule has 0 heterocycles. The van der Waals surface area contributed by atoms with Gasteiger partial charge < -0.3 is 10.0 Å². The maximum Gasteiger partial charge on any atom is 0.225 e. The lowest BCUT2D eigenvalue weighted by atomic mass is 10.0. The summed E-state index contributed by atoms with van der Waals surface area (Å²) in [7, 11) is 1.75. The Morgan fingerprint density at radius 1 is 1.35 bits per heavy atom. The van der Waals surface area contributed by atoms with E-state index in [1.807, 2.05) is 44.2 Å². The fourth-order valence-corrected chi connectivity index (χ4v) is 1.80. The highest BCUT2D eigenvalue weighted by molar-refractivity contribution is 5.78. The molecule has 1 amide bonds. The average Bonchev–Trinajstić information content (AvgIpc) is 2.38. The van der Waals surface area contributed by atoms with Crippen molar-refractivity contribution >= 4 is 5.91 Å². The summed E-state index contributed by atoms with van der Waals surface area (Å²) in [5.41, 5.74) is 0.967. The molecule has 0 aromatic heterocycles. The van der Waals surface area contributed by atoms with Crippen molar-refractivity contribution in [1.82, 2.24) is 4.90 Å². The maximum absolute atomic E-state index is 12.1. The summed E-state index contributed by atoms with van der Waals surface area (Å²) in [6.07, 6.45) is 0.816. The number of benzene rings is 1. The second-order valence-electron chi connectivity index (χ2n) is 4.37. The molecule has 94 valence electrons. The van der Waals surface area contributed by atoms with E-state index in [1.54, 1.807) is 11.9 Å². The van der Waals surface area contributed by atoms with Crippen LogP contribution in [-0.4, -0.2) is 29.6 Å². The highest BCUT2D eigenvalue weighted by Gasteiger charge is 2.23. The first-order chi connectivity index (χ1) is 8.11. The van der Waals surface area contributed by atoms with Crippen molar-refractivity contribution in [3.05, 3.63) is 35.9 Å². The zero-order valence-electron chi connectivity index (χ0n) is 10.8. The van der Waals surface area contributed by atoms with Crippen LogP contribution in [0.4, 0.5) is 0 Å². The van der Waals surface area contributed by atoms with Gasteiger partial charge in [0.2, 0.25) is 5.91 Å². The lowest BCUT2D eigenvalue weighted by Gasteiger charge is -2.29. The minimum Gasteiger partial charge on any atom is -0.394 e. The van der Waals surface area contributed by atoms with Crippen molar-refractivity contribution in [1.29, 1.82) is 0 Å². The SMILES string of the molecule is CC[C@@H](C)C(=O)N(C)[C@@H](CO)c1ccccc1. The number of carbonyl (C=O) groups is 1. The Morgan fingerprint density at radius 3 is 2.41 bits per heavy atom. The molecule has 1 aromatic carbocycles. The van der Waals surface area contributed by atoms with E-state index in [0.29, 0.717) is 0 Å². The number of likely N-dealkylation sites (N-methyl/N-ethyl adjacent to an activating group) is 1. The van der Waals surface area contributed by atoms with Crippen LogP contribution in [0.25, 0.3) is 0 Å². The summed E-state index contributed by atoms with van der Waals surface area (Å²) < 4.78 is 0. The molecule has 0 aliphatic heterocycles. The van der Waals surface area contributed by atoms with Gasteiger partial charge in [0, 0.05) is 13.0 Å². The molecule has 2 atom stereocenters. The zero-order valence-corrected chi connectivity index (χ0v) is 10.8. The normalized spacial score (nSPS) is 14.1. The quantitative estimate of drug-likeness (QED) is 0.850. The van der Waals surface area contributed by atoms with Crippen molar-refractivity contribution in [2.45, 2.75) is 26.3 Å². The third-order valence-corrected chi connectivity index (χ3v) is 3.21. The first-order valence-corrected chi connectivity index (χ1v) is 6.04.